The summed E-state index contributed by atoms with van der Waals surface area (Å²) in [4.78, 5) is 11.8. The molecule has 1 aliphatic heterocycles. The highest BCUT2D eigenvalue weighted by Crippen LogP contribution is 2.38. The molecule has 21 heavy (non-hydrogen) atoms. The van der Waals surface area contributed by atoms with Crippen molar-refractivity contribution in [2.24, 2.45) is 5.73 Å². The molecule has 0 radical (unpaired) electrons. The predicted octanol–water partition coefficient (Wildman–Crippen LogP) is 1.98. The van der Waals surface area contributed by atoms with Gasteiger partial charge in [0.05, 0.1) is 0 Å². The minimum absolute atomic E-state index is 0.0447. The number of carbonyl (C=O) groups is 1. The Hall–Kier alpha value is -2.33. The molecule has 1 aliphatic rings. The second kappa shape index (κ2) is 5.58. The number of para-hydroxylation sites is 1. The largest absolute Gasteiger partial charge is 0.488 e. The van der Waals surface area contributed by atoms with Crippen LogP contribution in [0.1, 0.15) is 15.9 Å². The predicted molar refractivity (Wildman–Crippen MR) is 82.4 cm³/mol. The summed E-state index contributed by atoms with van der Waals surface area (Å²) in [6.45, 7) is 0.506. The molecule has 1 unspecified atom stereocenters. The maximum Gasteiger partial charge on any atom is 0.251 e. The smallest absolute Gasteiger partial charge is 0.251 e. The first kappa shape index (κ1) is 13.6. The van der Waals surface area contributed by atoms with Gasteiger partial charge in [0.15, 0.2) is 0 Å². The molecule has 0 fully saturated rings. The normalized spacial score (nSPS) is 16.2. The van der Waals surface area contributed by atoms with Gasteiger partial charge in [0.25, 0.3) is 5.91 Å². The highest BCUT2D eigenvalue weighted by Gasteiger charge is 2.24. The topological polar surface area (TPSA) is 64.3 Å². The second-order valence-corrected chi connectivity index (χ2v) is 5.13. The Balaban J connectivity index is 2.03. The Morgan fingerprint density at radius 1 is 1.33 bits per heavy atom. The molecule has 1 atom stereocenters. The van der Waals surface area contributed by atoms with Crippen LogP contribution in [0.15, 0.2) is 42.5 Å². The van der Waals surface area contributed by atoms with Gasteiger partial charge < -0.3 is 15.8 Å². The van der Waals surface area contributed by atoms with Crippen molar-refractivity contribution in [1.29, 1.82) is 0 Å². The molecule has 0 saturated heterocycles. The molecule has 2 aromatic rings. The Labute approximate surface area is 123 Å². The number of rotatable bonds is 3. The van der Waals surface area contributed by atoms with Crippen LogP contribution in [-0.2, 0) is 6.42 Å². The average Bonchev–Trinajstić information content (AvgIpc) is 2.97. The molecule has 0 aromatic heterocycles. The number of benzene rings is 2. The van der Waals surface area contributed by atoms with Crippen molar-refractivity contribution in [2.45, 2.75) is 12.5 Å². The molecule has 1 heterocycles. The SMILES string of the molecule is CNC(=O)c1cccc(-c2cccc3c2OC(CN)C3)c1. The highest BCUT2D eigenvalue weighted by atomic mass is 16.5. The van der Waals surface area contributed by atoms with Crippen LogP contribution in [0.3, 0.4) is 0 Å². The van der Waals surface area contributed by atoms with Crippen LogP contribution in [0, 0.1) is 0 Å². The summed E-state index contributed by atoms with van der Waals surface area (Å²) < 4.78 is 5.94. The fourth-order valence-electron chi connectivity index (χ4n) is 2.67. The van der Waals surface area contributed by atoms with Crippen molar-refractivity contribution < 1.29 is 9.53 Å². The van der Waals surface area contributed by atoms with Crippen LogP contribution in [-0.4, -0.2) is 25.6 Å². The van der Waals surface area contributed by atoms with Crippen molar-refractivity contribution in [3.05, 3.63) is 53.6 Å². The maximum atomic E-state index is 11.8. The molecule has 4 heteroatoms. The number of nitrogens with one attached hydrogen (secondary N) is 1. The van der Waals surface area contributed by atoms with E-state index >= 15 is 0 Å². The van der Waals surface area contributed by atoms with Crippen LogP contribution < -0.4 is 15.8 Å². The molecule has 3 rings (SSSR count). The monoisotopic (exact) mass is 282 g/mol. The van der Waals surface area contributed by atoms with Crippen LogP contribution in [0.5, 0.6) is 5.75 Å². The molecular formula is C17H18N2O2. The van der Waals surface area contributed by atoms with E-state index in [9.17, 15) is 4.79 Å². The van der Waals surface area contributed by atoms with Gasteiger partial charge >= 0.3 is 0 Å². The quantitative estimate of drug-likeness (QED) is 0.904. The highest BCUT2D eigenvalue weighted by molar-refractivity contribution is 5.95. The molecule has 0 bridgehead atoms. The van der Waals surface area contributed by atoms with Gasteiger partial charge in [-0.25, -0.2) is 0 Å². The lowest BCUT2D eigenvalue weighted by Gasteiger charge is -2.11. The maximum absolute atomic E-state index is 11.8. The molecule has 0 saturated carbocycles. The third-order valence-corrected chi connectivity index (χ3v) is 3.75. The lowest BCUT2D eigenvalue weighted by atomic mass is 9.99. The third kappa shape index (κ3) is 2.50. The summed E-state index contributed by atoms with van der Waals surface area (Å²) in [5.74, 6) is 0.798. The Kier molecular flexibility index (Phi) is 3.62. The van der Waals surface area contributed by atoms with Crippen molar-refractivity contribution >= 4 is 5.91 Å². The van der Waals surface area contributed by atoms with Gasteiger partial charge in [-0.1, -0.05) is 30.3 Å². The van der Waals surface area contributed by atoms with Crippen LogP contribution in [0.2, 0.25) is 0 Å². The number of hydrogen-bond acceptors (Lipinski definition) is 3. The Morgan fingerprint density at radius 2 is 2.14 bits per heavy atom. The Morgan fingerprint density at radius 3 is 2.90 bits per heavy atom. The first-order valence-corrected chi connectivity index (χ1v) is 7.04. The summed E-state index contributed by atoms with van der Waals surface area (Å²) >= 11 is 0. The van der Waals surface area contributed by atoms with Gasteiger partial charge in [-0.2, -0.15) is 0 Å². The fraction of sp³-hybridized carbons (Fsp3) is 0.235. The van der Waals surface area contributed by atoms with E-state index in [1.54, 1.807) is 13.1 Å². The summed E-state index contributed by atoms with van der Waals surface area (Å²) in [5.41, 5.74) is 9.51. The number of hydrogen-bond donors (Lipinski definition) is 2. The first-order chi connectivity index (χ1) is 10.2. The molecule has 1 amide bonds. The minimum atomic E-state index is -0.0924. The zero-order valence-electron chi connectivity index (χ0n) is 11.9. The van der Waals surface area contributed by atoms with E-state index in [-0.39, 0.29) is 12.0 Å². The molecule has 0 aliphatic carbocycles. The van der Waals surface area contributed by atoms with Crippen LogP contribution in [0.4, 0.5) is 0 Å². The van der Waals surface area contributed by atoms with Crippen LogP contribution >= 0.6 is 0 Å². The summed E-state index contributed by atoms with van der Waals surface area (Å²) in [5, 5.41) is 2.64. The van der Waals surface area contributed by atoms with Gasteiger partial charge in [0.2, 0.25) is 0 Å². The van der Waals surface area contributed by atoms with E-state index < -0.39 is 0 Å². The van der Waals surface area contributed by atoms with Crippen molar-refractivity contribution in [2.75, 3.05) is 13.6 Å². The molecule has 3 N–H and O–H groups in total. The molecule has 0 spiro atoms. The standard InChI is InChI=1S/C17H18N2O2/c1-19-17(20)13-6-2-4-11(8-13)15-7-3-5-12-9-14(10-18)21-16(12)15/h2-8,14H,9-10,18H2,1H3,(H,19,20). The molecule has 2 aromatic carbocycles. The summed E-state index contributed by atoms with van der Waals surface area (Å²) in [7, 11) is 1.63. The number of fused-ring (bicyclic) bond motifs is 1. The van der Waals surface area contributed by atoms with E-state index in [4.69, 9.17) is 10.5 Å². The lowest BCUT2D eigenvalue weighted by molar-refractivity contribution is 0.0963. The fourth-order valence-corrected chi connectivity index (χ4v) is 2.67. The third-order valence-electron chi connectivity index (χ3n) is 3.75. The lowest BCUT2D eigenvalue weighted by Crippen LogP contribution is -2.24. The second-order valence-electron chi connectivity index (χ2n) is 5.13. The van der Waals surface area contributed by atoms with E-state index in [2.05, 4.69) is 11.4 Å². The van der Waals surface area contributed by atoms with Crippen molar-refractivity contribution in [3.8, 4) is 16.9 Å². The van der Waals surface area contributed by atoms with E-state index in [1.807, 2.05) is 30.3 Å². The van der Waals surface area contributed by atoms with Crippen molar-refractivity contribution in [3.63, 3.8) is 0 Å². The number of nitrogens with two attached hydrogens (primary N) is 1. The van der Waals surface area contributed by atoms with Gasteiger partial charge in [0.1, 0.15) is 11.9 Å². The molecular weight excluding hydrogens is 264 g/mol. The number of ether oxygens (including phenoxy) is 1. The van der Waals surface area contributed by atoms with E-state index in [1.165, 1.54) is 5.56 Å². The first-order valence-electron chi connectivity index (χ1n) is 7.04. The molecule has 4 nitrogen and oxygen atoms in total. The minimum Gasteiger partial charge on any atom is -0.488 e. The van der Waals surface area contributed by atoms with Gasteiger partial charge in [-0.05, 0) is 23.3 Å². The summed E-state index contributed by atoms with van der Waals surface area (Å²) in [6.07, 6.45) is 0.887. The van der Waals surface area contributed by atoms with E-state index in [0.29, 0.717) is 12.1 Å². The van der Waals surface area contributed by atoms with Crippen molar-refractivity contribution in [1.82, 2.24) is 5.32 Å². The number of amides is 1. The summed E-state index contributed by atoms with van der Waals surface area (Å²) in [6, 6.07) is 13.7. The zero-order valence-corrected chi connectivity index (χ0v) is 11.9. The van der Waals surface area contributed by atoms with Gasteiger partial charge in [-0.3, -0.25) is 4.79 Å². The van der Waals surface area contributed by atoms with Gasteiger partial charge in [0, 0.05) is 31.1 Å². The van der Waals surface area contributed by atoms with Crippen LogP contribution in [0.25, 0.3) is 11.1 Å². The number of carbonyl (C=O) groups excluding carboxylic acids is 1. The van der Waals surface area contributed by atoms with E-state index in [0.717, 1.165) is 23.3 Å². The molecule has 108 valence electrons. The zero-order chi connectivity index (χ0) is 14.8. The Bertz CT molecular complexity index is 682. The average molecular weight is 282 g/mol. The van der Waals surface area contributed by atoms with Gasteiger partial charge in [-0.15, -0.1) is 0 Å².